The summed E-state index contributed by atoms with van der Waals surface area (Å²) in [5.41, 5.74) is 0.631. The quantitative estimate of drug-likeness (QED) is 0.451. The highest BCUT2D eigenvalue weighted by atomic mass is 32.1. The standard InChI is InChI=1S/C19H25N3O6S/c1-2-28-16(23)12-27-11-13-7-9-22(10-8-13)19(26)20-17(24)14-3-5-15(6-4-14)18(25)21-29/h3-6,13,29H,2,7-12H2,1H3,(H,21,25)(H,20,24,26). The number of carbonyl (C=O) groups excluding carboxylic acids is 4. The number of hydrogen-bond donors (Lipinski definition) is 3. The number of rotatable bonds is 7. The van der Waals surface area contributed by atoms with Gasteiger partial charge in [-0.25, -0.2) is 9.59 Å². The zero-order valence-corrected chi connectivity index (χ0v) is 17.1. The molecule has 29 heavy (non-hydrogen) atoms. The van der Waals surface area contributed by atoms with Crippen LogP contribution in [0.1, 0.15) is 40.5 Å². The minimum Gasteiger partial charge on any atom is -0.464 e. The van der Waals surface area contributed by atoms with Gasteiger partial charge in [0.15, 0.2) is 0 Å². The third-order valence-electron chi connectivity index (χ3n) is 4.51. The lowest BCUT2D eigenvalue weighted by Gasteiger charge is -2.31. The molecule has 1 fully saturated rings. The molecule has 0 saturated carbocycles. The SMILES string of the molecule is CCOC(=O)COCC1CCN(C(=O)NC(=O)c2ccc(C(=O)NS)cc2)CC1. The van der Waals surface area contributed by atoms with E-state index in [0.717, 1.165) is 12.8 Å². The molecule has 9 nitrogen and oxygen atoms in total. The average Bonchev–Trinajstić information content (AvgIpc) is 2.74. The third kappa shape index (κ3) is 7.06. The Morgan fingerprint density at radius 1 is 1.07 bits per heavy atom. The normalized spacial score (nSPS) is 14.2. The molecule has 1 aliphatic rings. The van der Waals surface area contributed by atoms with Crippen LogP contribution in [0.25, 0.3) is 0 Å². The Bertz CT molecular complexity index is 732. The summed E-state index contributed by atoms with van der Waals surface area (Å²) in [5.74, 6) is -1.06. The number of hydrogen-bond acceptors (Lipinski definition) is 7. The second-order valence-corrected chi connectivity index (χ2v) is 6.75. The van der Waals surface area contributed by atoms with Crippen molar-refractivity contribution in [3.8, 4) is 0 Å². The fourth-order valence-corrected chi connectivity index (χ4v) is 3.03. The first kappa shape index (κ1) is 22.7. The van der Waals surface area contributed by atoms with Crippen LogP contribution in [-0.2, 0) is 14.3 Å². The van der Waals surface area contributed by atoms with Crippen molar-refractivity contribution in [1.29, 1.82) is 0 Å². The van der Waals surface area contributed by atoms with Gasteiger partial charge in [-0.05, 0) is 49.9 Å². The van der Waals surface area contributed by atoms with Crippen LogP contribution in [0.2, 0.25) is 0 Å². The summed E-state index contributed by atoms with van der Waals surface area (Å²) in [5, 5.41) is 2.36. The molecule has 0 unspecified atom stereocenters. The Hall–Kier alpha value is -2.59. The predicted molar refractivity (Wildman–Crippen MR) is 108 cm³/mol. The first-order valence-electron chi connectivity index (χ1n) is 9.32. The minimum atomic E-state index is -0.535. The Kier molecular flexibility index (Phi) is 8.94. The maximum absolute atomic E-state index is 12.3. The van der Waals surface area contributed by atoms with E-state index >= 15 is 0 Å². The maximum atomic E-state index is 12.3. The predicted octanol–water partition coefficient (Wildman–Crippen LogP) is 1.40. The van der Waals surface area contributed by atoms with E-state index < -0.39 is 11.9 Å². The highest BCUT2D eigenvalue weighted by molar-refractivity contribution is 7.78. The minimum absolute atomic E-state index is 0.0719. The maximum Gasteiger partial charge on any atom is 0.332 e. The molecule has 1 heterocycles. The van der Waals surface area contributed by atoms with Gasteiger partial charge in [0.05, 0.1) is 13.2 Å². The molecule has 2 N–H and O–H groups in total. The zero-order chi connectivity index (χ0) is 21.2. The number of ether oxygens (including phenoxy) is 2. The summed E-state index contributed by atoms with van der Waals surface area (Å²) in [6.07, 6.45) is 1.44. The molecular formula is C19H25N3O6S. The first-order valence-corrected chi connectivity index (χ1v) is 9.77. The van der Waals surface area contributed by atoms with E-state index in [1.807, 2.05) is 0 Å². The lowest BCUT2D eigenvalue weighted by molar-refractivity contribution is -0.149. The van der Waals surface area contributed by atoms with E-state index in [1.165, 1.54) is 24.3 Å². The summed E-state index contributed by atoms with van der Waals surface area (Å²) >= 11 is 3.68. The Morgan fingerprint density at radius 3 is 2.21 bits per heavy atom. The molecule has 1 aromatic rings. The van der Waals surface area contributed by atoms with Crippen LogP contribution in [0.3, 0.4) is 0 Å². The molecule has 0 aliphatic carbocycles. The van der Waals surface area contributed by atoms with Gasteiger partial charge in [-0.1, -0.05) is 12.8 Å². The van der Waals surface area contributed by atoms with Crippen LogP contribution >= 0.6 is 12.8 Å². The van der Waals surface area contributed by atoms with Crippen molar-refractivity contribution in [3.05, 3.63) is 35.4 Å². The molecule has 0 bridgehead atoms. The number of thiol groups is 1. The van der Waals surface area contributed by atoms with Gasteiger partial charge >= 0.3 is 12.0 Å². The molecule has 0 atom stereocenters. The van der Waals surface area contributed by atoms with Crippen LogP contribution in [0.5, 0.6) is 0 Å². The number of amides is 4. The van der Waals surface area contributed by atoms with E-state index in [-0.39, 0.29) is 30.0 Å². The second-order valence-electron chi connectivity index (χ2n) is 6.53. The Morgan fingerprint density at radius 2 is 1.66 bits per heavy atom. The second kappa shape index (κ2) is 11.4. The summed E-state index contributed by atoms with van der Waals surface area (Å²) in [7, 11) is 0. The van der Waals surface area contributed by atoms with Gasteiger partial charge in [-0.2, -0.15) is 0 Å². The zero-order valence-electron chi connectivity index (χ0n) is 16.2. The molecule has 0 spiro atoms. The number of carbonyl (C=O) groups is 4. The van der Waals surface area contributed by atoms with Crippen LogP contribution in [-0.4, -0.2) is 61.6 Å². The first-order chi connectivity index (χ1) is 13.9. The largest absolute Gasteiger partial charge is 0.464 e. The number of piperidine rings is 1. The monoisotopic (exact) mass is 423 g/mol. The van der Waals surface area contributed by atoms with Crippen LogP contribution < -0.4 is 10.0 Å². The van der Waals surface area contributed by atoms with E-state index in [1.54, 1.807) is 11.8 Å². The van der Waals surface area contributed by atoms with E-state index in [0.29, 0.717) is 31.9 Å². The lowest BCUT2D eigenvalue weighted by atomic mass is 9.98. The smallest absolute Gasteiger partial charge is 0.332 e. The lowest BCUT2D eigenvalue weighted by Crippen LogP contribution is -2.46. The van der Waals surface area contributed by atoms with Gasteiger partial charge in [0.2, 0.25) is 0 Å². The van der Waals surface area contributed by atoms with Crippen LogP contribution in [0, 0.1) is 5.92 Å². The molecule has 2 rings (SSSR count). The van der Waals surface area contributed by atoms with Crippen molar-refractivity contribution >= 4 is 36.6 Å². The molecule has 1 aliphatic heterocycles. The number of urea groups is 1. The molecule has 1 saturated heterocycles. The Balaban J connectivity index is 1.74. The molecule has 1 aromatic carbocycles. The molecule has 0 aromatic heterocycles. The molecule has 0 radical (unpaired) electrons. The van der Waals surface area contributed by atoms with Gasteiger partial charge in [-0.15, -0.1) is 0 Å². The number of benzene rings is 1. The van der Waals surface area contributed by atoms with E-state index in [9.17, 15) is 19.2 Å². The highest BCUT2D eigenvalue weighted by Gasteiger charge is 2.24. The van der Waals surface area contributed by atoms with Crippen molar-refractivity contribution < 1.29 is 28.7 Å². The number of esters is 1. The van der Waals surface area contributed by atoms with E-state index in [2.05, 4.69) is 22.9 Å². The summed E-state index contributed by atoms with van der Waals surface area (Å²) in [4.78, 5) is 48.8. The third-order valence-corrected chi connectivity index (χ3v) is 4.71. The van der Waals surface area contributed by atoms with Crippen molar-refractivity contribution in [3.63, 3.8) is 0 Å². The van der Waals surface area contributed by atoms with Gasteiger partial charge in [-0.3, -0.25) is 19.6 Å². The fraction of sp³-hybridized carbons (Fsp3) is 0.474. The van der Waals surface area contributed by atoms with Gasteiger partial charge < -0.3 is 14.4 Å². The van der Waals surface area contributed by atoms with Gasteiger partial charge in [0.1, 0.15) is 6.61 Å². The Labute approximate surface area is 174 Å². The van der Waals surface area contributed by atoms with Crippen molar-refractivity contribution in [2.75, 3.05) is 32.9 Å². The molecular weight excluding hydrogens is 398 g/mol. The van der Waals surface area contributed by atoms with Crippen molar-refractivity contribution in [2.24, 2.45) is 5.92 Å². The number of likely N-dealkylation sites (tertiary alicyclic amines) is 1. The molecule has 158 valence electrons. The van der Waals surface area contributed by atoms with Gasteiger partial charge in [0, 0.05) is 24.2 Å². The van der Waals surface area contributed by atoms with Crippen LogP contribution in [0.15, 0.2) is 24.3 Å². The fourth-order valence-electron chi connectivity index (χ4n) is 2.90. The van der Waals surface area contributed by atoms with Crippen molar-refractivity contribution in [2.45, 2.75) is 19.8 Å². The average molecular weight is 423 g/mol. The highest BCUT2D eigenvalue weighted by Crippen LogP contribution is 2.17. The summed E-state index contributed by atoms with van der Waals surface area (Å²) < 4.78 is 12.4. The molecule has 4 amide bonds. The summed E-state index contributed by atoms with van der Waals surface area (Å²) in [6, 6.07) is 5.43. The van der Waals surface area contributed by atoms with Crippen molar-refractivity contribution in [1.82, 2.24) is 14.9 Å². The van der Waals surface area contributed by atoms with Crippen LogP contribution in [0.4, 0.5) is 4.79 Å². The number of nitrogens with one attached hydrogen (secondary N) is 2. The summed E-state index contributed by atoms with van der Waals surface area (Å²) in [6.45, 7) is 3.40. The number of nitrogens with zero attached hydrogens (tertiary/aromatic N) is 1. The number of imide groups is 1. The molecule has 10 heteroatoms. The van der Waals surface area contributed by atoms with E-state index in [4.69, 9.17) is 9.47 Å². The van der Waals surface area contributed by atoms with Gasteiger partial charge in [0.25, 0.3) is 11.8 Å². The topological polar surface area (TPSA) is 114 Å².